The van der Waals surface area contributed by atoms with Gasteiger partial charge in [0.1, 0.15) is 5.88 Å². The molecule has 16 heavy (non-hydrogen) atoms. The molecule has 5 heteroatoms. The van der Waals surface area contributed by atoms with Gasteiger partial charge in [0.05, 0.1) is 12.6 Å². The van der Waals surface area contributed by atoms with E-state index in [0.717, 1.165) is 18.4 Å². The number of nitrogens with one attached hydrogen (secondary N) is 1. The fourth-order valence-electron chi connectivity index (χ4n) is 1.73. The van der Waals surface area contributed by atoms with Gasteiger partial charge in [0.15, 0.2) is 0 Å². The van der Waals surface area contributed by atoms with Crippen LogP contribution in [-0.2, 0) is 10.3 Å². The first-order valence-electron chi connectivity index (χ1n) is 5.08. The zero-order chi connectivity index (χ0) is 11.6. The molecule has 0 aromatic carbocycles. The lowest BCUT2D eigenvalue weighted by Crippen LogP contribution is -2.35. The van der Waals surface area contributed by atoms with Crippen LogP contribution in [0.25, 0.3) is 0 Å². The quantitative estimate of drug-likeness (QED) is 0.811. The fraction of sp³-hybridized carbons (Fsp3) is 0.455. The first-order valence-corrected chi connectivity index (χ1v) is 5.61. The van der Waals surface area contributed by atoms with E-state index in [1.54, 1.807) is 13.3 Å². The number of amides is 1. The van der Waals surface area contributed by atoms with Gasteiger partial charge in [0.2, 0.25) is 11.8 Å². The number of methoxy groups -OCH3 is 1. The number of pyridine rings is 1. The Morgan fingerprint density at radius 3 is 3.00 bits per heavy atom. The van der Waals surface area contributed by atoms with Crippen LogP contribution in [0, 0.1) is 0 Å². The molecule has 1 aliphatic rings. The summed E-state index contributed by atoms with van der Waals surface area (Å²) in [5.41, 5.74) is 0.778. The van der Waals surface area contributed by atoms with Crippen molar-refractivity contribution < 1.29 is 9.53 Å². The minimum Gasteiger partial charge on any atom is -0.481 e. The van der Waals surface area contributed by atoms with Gasteiger partial charge in [-0.3, -0.25) is 4.79 Å². The fourth-order valence-corrected chi connectivity index (χ4v) is 1.80. The molecule has 0 bridgehead atoms. The average molecular weight is 241 g/mol. The van der Waals surface area contributed by atoms with Crippen LogP contribution in [0.2, 0.25) is 0 Å². The van der Waals surface area contributed by atoms with Gasteiger partial charge < -0.3 is 10.1 Å². The Balaban J connectivity index is 2.19. The predicted octanol–water partition coefficient (Wildman–Crippen LogP) is 1.43. The van der Waals surface area contributed by atoms with Crippen LogP contribution >= 0.6 is 11.6 Å². The molecule has 1 fully saturated rings. The second-order valence-corrected chi connectivity index (χ2v) is 4.12. The smallest absolute Gasteiger partial charge is 0.235 e. The first-order chi connectivity index (χ1) is 7.70. The summed E-state index contributed by atoms with van der Waals surface area (Å²) in [4.78, 5) is 15.3. The number of ether oxygens (including phenoxy) is 1. The minimum atomic E-state index is -0.248. The van der Waals surface area contributed by atoms with E-state index < -0.39 is 0 Å². The maximum absolute atomic E-state index is 11.3. The van der Waals surface area contributed by atoms with E-state index in [1.165, 1.54) is 0 Å². The van der Waals surface area contributed by atoms with Crippen LogP contribution in [0.15, 0.2) is 18.3 Å². The molecule has 1 amide bonds. The monoisotopic (exact) mass is 240 g/mol. The van der Waals surface area contributed by atoms with Gasteiger partial charge >= 0.3 is 0 Å². The molecule has 0 atom stereocenters. The van der Waals surface area contributed by atoms with Crippen LogP contribution in [0.5, 0.6) is 5.88 Å². The molecule has 0 unspecified atom stereocenters. The van der Waals surface area contributed by atoms with Crippen molar-refractivity contribution in [2.75, 3.05) is 13.0 Å². The van der Waals surface area contributed by atoms with Crippen LogP contribution in [-0.4, -0.2) is 23.9 Å². The molecule has 1 saturated carbocycles. The molecule has 0 radical (unpaired) electrons. The number of nitrogens with zero attached hydrogens (tertiary/aromatic N) is 1. The minimum absolute atomic E-state index is 0.00995. The van der Waals surface area contributed by atoms with E-state index in [9.17, 15) is 4.79 Å². The van der Waals surface area contributed by atoms with Crippen molar-refractivity contribution in [1.82, 2.24) is 10.3 Å². The van der Waals surface area contributed by atoms with Crippen LogP contribution in [0.1, 0.15) is 18.4 Å². The molecular weight excluding hydrogens is 228 g/mol. The lowest BCUT2D eigenvalue weighted by Gasteiger charge is -2.17. The molecule has 1 heterocycles. The summed E-state index contributed by atoms with van der Waals surface area (Å²) in [6.07, 6.45) is 3.55. The van der Waals surface area contributed by atoms with E-state index in [1.807, 2.05) is 12.1 Å². The van der Waals surface area contributed by atoms with Gasteiger partial charge in [-0.05, 0) is 24.5 Å². The number of hydrogen-bond acceptors (Lipinski definition) is 3. The van der Waals surface area contributed by atoms with E-state index in [4.69, 9.17) is 16.3 Å². The van der Waals surface area contributed by atoms with E-state index in [-0.39, 0.29) is 17.3 Å². The van der Waals surface area contributed by atoms with Gasteiger partial charge in [0, 0.05) is 12.3 Å². The molecular formula is C11H13ClN2O2. The summed E-state index contributed by atoms with van der Waals surface area (Å²) in [5, 5.41) is 2.93. The van der Waals surface area contributed by atoms with Crippen molar-refractivity contribution >= 4 is 17.5 Å². The van der Waals surface area contributed by atoms with Crippen molar-refractivity contribution in [3.05, 3.63) is 23.9 Å². The summed E-state index contributed by atoms with van der Waals surface area (Å²) in [5.74, 6) is 0.406. The van der Waals surface area contributed by atoms with Crippen molar-refractivity contribution in [3.63, 3.8) is 0 Å². The van der Waals surface area contributed by atoms with Crippen LogP contribution in [0.3, 0.4) is 0 Å². The zero-order valence-corrected chi connectivity index (χ0v) is 9.75. The Kier molecular flexibility index (Phi) is 3.01. The van der Waals surface area contributed by atoms with E-state index in [0.29, 0.717) is 5.88 Å². The highest BCUT2D eigenvalue weighted by Gasteiger charge is 2.45. The summed E-state index contributed by atoms with van der Waals surface area (Å²) >= 11 is 5.48. The summed E-state index contributed by atoms with van der Waals surface area (Å²) in [6.45, 7) is 0. The number of carbonyl (C=O) groups excluding carboxylic acids is 1. The van der Waals surface area contributed by atoms with Gasteiger partial charge in [-0.15, -0.1) is 11.6 Å². The first kappa shape index (κ1) is 11.2. The summed E-state index contributed by atoms with van der Waals surface area (Å²) in [6, 6.07) is 3.74. The maximum atomic E-state index is 11.3. The molecule has 0 saturated heterocycles. The molecule has 86 valence electrons. The third-order valence-electron chi connectivity index (χ3n) is 2.75. The number of hydrogen-bond donors (Lipinski definition) is 1. The van der Waals surface area contributed by atoms with Crippen molar-refractivity contribution in [2.45, 2.75) is 18.4 Å². The Hall–Kier alpha value is -1.29. The second-order valence-electron chi connectivity index (χ2n) is 3.85. The highest BCUT2D eigenvalue weighted by Crippen LogP contribution is 2.45. The molecule has 1 aromatic heterocycles. The highest BCUT2D eigenvalue weighted by molar-refractivity contribution is 6.27. The lowest BCUT2D eigenvalue weighted by atomic mass is 10.1. The number of carbonyl (C=O) groups is 1. The zero-order valence-electron chi connectivity index (χ0n) is 9.00. The topological polar surface area (TPSA) is 51.2 Å². The van der Waals surface area contributed by atoms with Crippen molar-refractivity contribution in [3.8, 4) is 5.88 Å². The highest BCUT2D eigenvalue weighted by atomic mass is 35.5. The van der Waals surface area contributed by atoms with Crippen LogP contribution in [0.4, 0.5) is 0 Å². The standard InChI is InChI=1S/C11H13ClN2O2/c1-16-10-6-8(2-5-13-10)11(3-4-11)14-9(15)7-12/h2,5-6H,3-4,7H2,1H3,(H,14,15). The molecule has 0 spiro atoms. The Morgan fingerprint density at radius 1 is 1.69 bits per heavy atom. The Labute approximate surface area is 99.0 Å². The molecule has 1 aromatic rings. The molecule has 4 nitrogen and oxygen atoms in total. The van der Waals surface area contributed by atoms with Gasteiger partial charge in [-0.1, -0.05) is 0 Å². The summed E-state index contributed by atoms with van der Waals surface area (Å²) in [7, 11) is 1.57. The average Bonchev–Trinajstić information content (AvgIpc) is 3.10. The Bertz CT molecular complexity index is 405. The predicted molar refractivity (Wildman–Crippen MR) is 60.6 cm³/mol. The van der Waals surface area contributed by atoms with Gasteiger partial charge in [-0.25, -0.2) is 4.98 Å². The largest absolute Gasteiger partial charge is 0.481 e. The second kappa shape index (κ2) is 4.29. The normalized spacial score (nSPS) is 16.6. The molecule has 1 aliphatic carbocycles. The third-order valence-corrected chi connectivity index (χ3v) is 2.99. The number of rotatable bonds is 4. The van der Waals surface area contributed by atoms with E-state index in [2.05, 4.69) is 10.3 Å². The maximum Gasteiger partial charge on any atom is 0.235 e. The number of aromatic nitrogens is 1. The van der Waals surface area contributed by atoms with E-state index >= 15 is 0 Å². The van der Waals surface area contributed by atoms with Gasteiger partial charge in [-0.2, -0.15) is 0 Å². The Morgan fingerprint density at radius 2 is 2.44 bits per heavy atom. The molecule has 2 rings (SSSR count). The SMILES string of the molecule is COc1cc(C2(NC(=O)CCl)CC2)ccn1. The number of alkyl halides is 1. The van der Waals surface area contributed by atoms with Crippen molar-refractivity contribution in [1.29, 1.82) is 0 Å². The third kappa shape index (κ3) is 2.11. The molecule has 0 aliphatic heterocycles. The van der Waals surface area contributed by atoms with Gasteiger partial charge in [0.25, 0.3) is 0 Å². The van der Waals surface area contributed by atoms with Crippen molar-refractivity contribution in [2.24, 2.45) is 0 Å². The number of halogens is 1. The molecule has 1 N–H and O–H groups in total. The lowest BCUT2D eigenvalue weighted by molar-refractivity contribution is -0.119. The summed E-state index contributed by atoms with van der Waals surface area (Å²) < 4.78 is 5.06. The van der Waals surface area contributed by atoms with Crippen LogP contribution < -0.4 is 10.1 Å².